The van der Waals surface area contributed by atoms with Crippen LogP contribution in [0.15, 0.2) is 59.4 Å². The molecule has 0 aliphatic heterocycles. The second-order valence-electron chi connectivity index (χ2n) is 9.01. The molecule has 6 rings (SSSR count). The average molecular weight is 484 g/mol. The Morgan fingerprint density at radius 1 is 1.03 bits per heavy atom. The van der Waals surface area contributed by atoms with E-state index in [1.54, 1.807) is 22.8 Å². The number of aromatic nitrogens is 4. The Hall–Kier alpha value is -3.78. The number of nitrogens with zero attached hydrogens (tertiary/aromatic N) is 4. The maximum Gasteiger partial charge on any atom is 0.264 e. The van der Waals surface area contributed by atoms with E-state index in [0.717, 1.165) is 53.0 Å². The lowest BCUT2D eigenvalue weighted by Crippen LogP contribution is -2.24. The molecule has 0 saturated carbocycles. The van der Waals surface area contributed by atoms with Crippen molar-refractivity contribution in [3.63, 3.8) is 0 Å². The Morgan fingerprint density at radius 3 is 2.57 bits per heavy atom. The largest absolute Gasteiger partial charge is 0.378 e. The van der Waals surface area contributed by atoms with Gasteiger partial charge in [-0.1, -0.05) is 30.3 Å². The molecule has 8 heteroatoms. The summed E-state index contributed by atoms with van der Waals surface area (Å²) in [5, 5.41) is 13.2. The summed E-state index contributed by atoms with van der Waals surface area (Å²) in [5.41, 5.74) is 3.85. The minimum atomic E-state index is 0.0162. The highest BCUT2D eigenvalue weighted by Crippen LogP contribution is 2.35. The van der Waals surface area contributed by atoms with Crippen molar-refractivity contribution < 1.29 is 4.79 Å². The van der Waals surface area contributed by atoms with Gasteiger partial charge in [0.2, 0.25) is 5.78 Å². The molecule has 0 spiro atoms. The summed E-state index contributed by atoms with van der Waals surface area (Å²) in [4.78, 5) is 27.6. The topological polar surface area (TPSA) is 81.3 Å². The third-order valence-electron chi connectivity index (χ3n) is 6.69. The van der Waals surface area contributed by atoms with Gasteiger partial charge in [-0.2, -0.15) is 0 Å². The fourth-order valence-corrected chi connectivity index (χ4v) is 6.27. The molecule has 0 amide bonds. The van der Waals surface area contributed by atoms with Crippen LogP contribution in [0.4, 0.5) is 5.69 Å². The van der Waals surface area contributed by atoms with E-state index in [-0.39, 0.29) is 11.3 Å². The van der Waals surface area contributed by atoms with Gasteiger partial charge in [0.15, 0.2) is 11.6 Å². The van der Waals surface area contributed by atoms with Crippen molar-refractivity contribution in [2.45, 2.75) is 45.7 Å². The van der Waals surface area contributed by atoms with Crippen LogP contribution in [0.1, 0.15) is 52.0 Å². The predicted octanol–water partition coefficient (Wildman–Crippen LogP) is 4.85. The monoisotopic (exact) mass is 483 g/mol. The molecule has 1 aliphatic rings. The molecular weight excluding hydrogens is 458 g/mol. The van der Waals surface area contributed by atoms with E-state index in [1.165, 1.54) is 10.4 Å². The Kier molecular flexibility index (Phi) is 5.45. The van der Waals surface area contributed by atoms with E-state index in [0.29, 0.717) is 24.4 Å². The normalized spacial score (nSPS) is 13.3. The number of nitrogens with one attached hydrogen (secondary N) is 1. The molecule has 176 valence electrons. The lowest BCUT2D eigenvalue weighted by Gasteiger charge is -2.12. The smallest absolute Gasteiger partial charge is 0.264 e. The van der Waals surface area contributed by atoms with Gasteiger partial charge in [-0.15, -0.1) is 21.5 Å². The molecule has 0 bridgehead atoms. The molecule has 35 heavy (non-hydrogen) atoms. The highest BCUT2D eigenvalue weighted by molar-refractivity contribution is 7.18. The van der Waals surface area contributed by atoms with Crippen LogP contribution >= 0.6 is 11.3 Å². The first-order valence-corrected chi connectivity index (χ1v) is 12.7. The number of aryl methyl sites for hydroxylation is 2. The van der Waals surface area contributed by atoms with Crippen LogP contribution in [0.3, 0.4) is 0 Å². The molecule has 5 aromatic rings. The van der Waals surface area contributed by atoms with Gasteiger partial charge in [-0.05, 0) is 68.0 Å². The van der Waals surface area contributed by atoms with Crippen molar-refractivity contribution in [3.8, 4) is 0 Å². The quantitative estimate of drug-likeness (QED) is 0.349. The van der Waals surface area contributed by atoms with Crippen LogP contribution in [0.5, 0.6) is 0 Å². The molecule has 0 atom stereocenters. The molecule has 0 radical (unpaired) electrons. The first-order valence-electron chi connectivity index (χ1n) is 11.9. The highest BCUT2D eigenvalue weighted by Gasteiger charge is 2.24. The fourth-order valence-electron chi connectivity index (χ4n) is 4.87. The number of Topliss-reactive ketones (excluding diaryl/α,β-unsaturated/α-hetero) is 1. The van der Waals surface area contributed by atoms with Gasteiger partial charge in [0.05, 0.1) is 18.5 Å². The van der Waals surface area contributed by atoms with Crippen LogP contribution in [-0.2, 0) is 25.9 Å². The number of ketones is 1. The third kappa shape index (κ3) is 3.83. The Bertz CT molecular complexity index is 1610. The molecular formula is C27H25N5O2S. The summed E-state index contributed by atoms with van der Waals surface area (Å²) in [5.74, 6) is 1.36. The van der Waals surface area contributed by atoms with Crippen LogP contribution in [0.25, 0.3) is 16.0 Å². The minimum Gasteiger partial charge on any atom is -0.378 e. The van der Waals surface area contributed by atoms with E-state index >= 15 is 0 Å². The van der Waals surface area contributed by atoms with Gasteiger partial charge in [0.25, 0.3) is 5.56 Å². The van der Waals surface area contributed by atoms with Gasteiger partial charge >= 0.3 is 0 Å². The molecule has 0 fully saturated rings. The van der Waals surface area contributed by atoms with Crippen molar-refractivity contribution in [1.82, 2.24) is 19.2 Å². The Labute approximate surface area is 206 Å². The third-order valence-corrected chi connectivity index (χ3v) is 7.97. The average Bonchev–Trinajstić information content (AvgIpc) is 3.48. The van der Waals surface area contributed by atoms with Crippen molar-refractivity contribution in [2.24, 2.45) is 0 Å². The number of hydrogen-bond acceptors (Lipinski definition) is 6. The Morgan fingerprint density at radius 2 is 1.80 bits per heavy atom. The van der Waals surface area contributed by atoms with Crippen molar-refractivity contribution >= 4 is 38.8 Å². The van der Waals surface area contributed by atoms with Gasteiger partial charge in [0, 0.05) is 16.1 Å². The highest BCUT2D eigenvalue weighted by atomic mass is 32.1. The van der Waals surface area contributed by atoms with E-state index in [1.807, 2.05) is 54.6 Å². The molecule has 3 aromatic heterocycles. The Balaban J connectivity index is 1.47. The van der Waals surface area contributed by atoms with E-state index in [2.05, 4.69) is 19.9 Å². The number of thiophene rings is 1. The summed E-state index contributed by atoms with van der Waals surface area (Å²) in [6.45, 7) is 2.45. The standard InChI is InChI=1S/C27H25N5O2S/c1-17(33)19-11-13-20(14-12-19)28-15-23-29-30-27-31(16-18-7-3-2-4-8-18)25(34)24-21-9-5-6-10-22(21)35-26(24)32(23)27/h2-4,7-8,11-14,28H,5-6,9-10,15-16H2,1H3. The minimum absolute atomic E-state index is 0.0162. The predicted molar refractivity (Wildman–Crippen MR) is 139 cm³/mol. The van der Waals surface area contributed by atoms with Crippen LogP contribution in [0.2, 0.25) is 0 Å². The number of hydrogen-bond donors (Lipinski definition) is 1. The van der Waals surface area contributed by atoms with Gasteiger partial charge in [0.1, 0.15) is 4.83 Å². The number of fused-ring (bicyclic) bond motifs is 5. The number of rotatable bonds is 6. The maximum absolute atomic E-state index is 13.8. The van der Waals surface area contributed by atoms with Crippen LogP contribution in [-0.4, -0.2) is 24.9 Å². The van der Waals surface area contributed by atoms with E-state index in [4.69, 9.17) is 0 Å². The van der Waals surface area contributed by atoms with Gasteiger partial charge in [-0.25, -0.2) is 0 Å². The lowest BCUT2D eigenvalue weighted by molar-refractivity contribution is 0.101. The second-order valence-corrected chi connectivity index (χ2v) is 10.1. The molecule has 2 aromatic carbocycles. The number of carbonyl (C=O) groups is 1. The first kappa shape index (κ1) is 21.7. The van der Waals surface area contributed by atoms with Crippen molar-refractivity contribution in [3.05, 3.63) is 92.3 Å². The van der Waals surface area contributed by atoms with Crippen molar-refractivity contribution in [2.75, 3.05) is 5.32 Å². The number of benzene rings is 2. The number of anilines is 1. The molecule has 1 aliphatic carbocycles. The molecule has 3 heterocycles. The number of carbonyl (C=O) groups excluding carboxylic acids is 1. The summed E-state index contributed by atoms with van der Waals surface area (Å²) in [6, 6.07) is 17.4. The fraction of sp³-hybridized carbons (Fsp3) is 0.259. The van der Waals surface area contributed by atoms with E-state index < -0.39 is 0 Å². The molecule has 1 N–H and O–H groups in total. The van der Waals surface area contributed by atoms with E-state index in [9.17, 15) is 9.59 Å². The molecule has 0 unspecified atom stereocenters. The lowest BCUT2D eigenvalue weighted by atomic mass is 9.97. The zero-order valence-corrected chi connectivity index (χ0v) is 20.3. The SMILES string of the molecule is CC(=O)c1ccc(NCc2nnc3n(Cc4ccccc4)c(=O)c4c5c(sc4n23)CCCC5)cc1. The molecule has 0 saturated heterocycles. The summed E-state index contributed by atoms with van der Waals surface area (Å²) in [6.07, 6.45) is 4.24. The summed E-state index contributed by atoms with van der Waals surface area (Å²) < 4.78 is 3.82. The van der Waals surface area contributed by atoms with Crippen molar-refractivity contribution in [1.29, 1.82) is 0 Å². The van der Waals surface area contributed by atoms with Gasteiger partial charge < -0.3 is 5.32 Å². The molecule has 7 nitrogen and oxygen atoms in total. The zero-order valence-electron chi connectivity index (χ0n) is 19.5. The summed E-state index contributed by atoms with van der Waals surface area (Å²) >= 11 is 1.71. The van der Waals surface area contributed by atoms with Crippen LogP contribution in [0, 0.1) is 0 Å². The van der Waals surface area contributed by atoms with Gasteiger partial charge in [-0.3, -0.25) is 18.6 Å². The maximum atomic E-state index is 13.8. The summed E-state index contributed by atoms with van der Waals surface area (Å²) in [7, 11) is 0. The zero-order chi connectivity index (χ0) is 23.9. The van der Waals surface area contributed by atoms with Crippen LogP contribution < -0.4 is 10.9 Å². The first-order chi connectivity index (χ1) is 17.1. The second kappa shape index (κ2) is 8.78.